The third-order valence-electron chi connectivity index (χ3n) is 4.67. The number of Topliss-reactive ketones (excluding diaryl/α,β-unsaturated/α-hetero) is 1. The number of hydrogen-bond donors (Lipinski definition) is 2. The van der Waals surface area contributed by atoms with Crippen molar-refractivity contribution in [2.45, 2.75) is 50.6 Å². The van der Waals surface area contributed by atoms with Gasteiger partial charge >= 0.3 is 0 Å². The van der Waals surface area contributed by atoms with Gasteiger partial charge in [0.15, 0.2) is 0 Å². The van der Waals surface area contributed by atoms with Crippen LogP contribution in [0.2, 0.25) is 0 Å². The molecule has 0 saturated carbocycles. The van der Waals surface area contributed by atoms with Gasteiger partial charge in [-0.05, 0) is 51.1 Å². The Morgan fingerprint density at radius 3 is 2.75 bits per heavy atom. The summed E-state index contributed by atoms with van der Waals surface area (Å²) < 4.78 is 0. The molecule has 0 aromatic rings. The van der Waals surface area contributed by atoms with E-state index in [9.17, 15) is 4.79 Å². The first-order valence-corrected chi connectivity index (χ1v) is 6.82. The molecule has 0 aromatic heterocycles. The summed E-state index contributed by atoms with van der Waals surface area (Å²) >= 11 is 0. The number of fused-ring (bicyclic) bond motifs is 2. The molecule has 3 atom stereocenters. The van der Waals surface area contributed by atoms with Crippen LogP contribution in [0, 0.1) is 11.8 Å². The van der Waals surface area contributed by atoms with Gasteiger partial charge in [-0.3, -0.25) is 4.79 Å². The number of piperidine rings is 2. The number of hydrogen-bond acceptors (Lipinski definition) is 3. The van der Waals surface area contributed by atoms with Gasteiger partial charge in [0.1, 0.15) is 5.78 Å². The molecule has 3 fully saturated rings. The Hall–Kier alpha value is -0.410. The molecular formula is C13H22N2O. The van der Waals surface area contributed by atoms with Crippen molar-refractivity contribution in [2.24, 2.45) is 11.8 Å². The summed E-state index contributed by atoms with van der Waals surface area (Å²) in [4.78, 5) is 12.1. The van der Waals surface area contributed by atoms with Gasteiger partial charge in [0.2, 0.25) is 0 Å². The SMILES string of the molecule is O=C1CC2CCC(N2)C1CC1CCNCC1. The minimum atomic E-state index is 0.335. The first kappa shape index (κ1) is 10.7. The summed E-state index contributed by atoms with van der Waals surface area (Å²) in [6.45, 7) is 2.29. The summed E-state index contributed by atoms with van der Waals surface area (Å²) in [7, 11) is 0. The number of rotatable bonds is 2. The number of carbonyl (C=O) groups excluding carboxylic acids is 1. The molecule has 3 nitrogen and oxygen atoms in total. The van der Waals surface area contributed by atoms with E-state index in [4.69, 9.17) is 0 Å². The van der Waals surface area contributed by atoms with Gasteiger partial charge in [0.25, 0.3) is 0 Å². The highest BCUT2D eigenvalue weighted by molar-refractivity contribution is 5.83. The largest absolute Gasteiger partial charge is 0.317 e. The van der Waals surface area contributed by atoms with Crippen LogP contribution in [0.3, 0.4) is 0 Å². The molecular weight excluding hydrogens is 200 g/mol. The highest BCUT2D eigenvalue weighted by Gasteiger charge is 2.41. The average molecular weight is 222 g/mol. The maximum absolute atomic E-state index is 12.1. The minimum Gasteiger partial charge on any atom is -0.317 e. The average Bonchev–Trinajstić information content (AvgIpc) is 2.70. The van der Waals surface area contributed by atoms with Crippen molar-refractivity contribution in [2.75, 3.05) is 13.1 Å². The van der Waals surface area contributed by atoms with Crippen molar-refractivity contribution in [3.63, 3.8) is 0 Å². The predicted octanol–water partition coefficient (Wildman–Crippen LogP) is 1.09. The predicted molar refractivity (Wildman–Crippen MR) is 63.3 cm³/mol. The molecule has 0 aromatic carbocycles. The third-order valence-corrected chi connectivity index (χ3v) is 4.67. The van der Waals surface area contributed by atoms with E-state index in [-0.39, 0.29) is 0 Å². The Labute approximate surface area is 97.4 Å². The molecule has 3 aliphatic heterocycles. The standard InChI is InChI=1S/C13H22N2O/c16-13-8-10-1-2-12(15-10)11(13)7-9-3-5-14-6-4-9/h9-12,14-15H,1-8H2. The zero-order valence-electron chi connectivity index (χ0n) is 9.87. The molecule has 3 aliphatic rings. The van der Waals surface area contributed by atoms with E-state index < -0.39 is 0 Å². The highest BCUT2D eigenvalue weighted by atomic mass is 16.1. The highest BCUT2D eigenvalue weighted by Crippen LogP contribution is 2.34. The lowest BCUT2D eigenvalue weighted by atomic mass is 9.80. The van der Waals surface area contributed by atoms with Crippen LogP contribution >= 0.6 is 0 Å². The molecule has 0 spiro atoms. The topological polar surface area (TPSA) is 41.1 Å². The molecule has 3 unspecified atom stereocenters. The van der Waals surface area contributed by atoms with Crippen LogP contribution in [0.25, 0.3) is 0 Å². The molecule has 2 N–H and O–H groups in total. The van der Waals surface area contributed by atoms with Crippen molar-refractivity contribution in [1.29, 1.82) is 0 Å². The van der Waals surface area contributed by atoms with E-state index in [2.05, 4.69) is 10.6 Å². The van der Waals surface area contributed by atoms with Crippen LogP contribution in [0.4, 0.5) is 0 Å². The molecule has 0 radical (unpaired) electrons. The van der Waals surface area contributed by atoms with Crippen molar-refractivity contribution < 1.29 is 4.79 Å². The number of carbonyl (C=O) groups is 1. The second kappa shape index (κ2) is 4.46. The van der Waals surface area contributed by atoms with E-state index in [0.717, 1.165) is 31.8 Å². The van der Waals surface area contributed by atoms with Crippen LogP contribution in [0.5, 0.6) is 0 Å². The Bertz CT molecular complexity index is 273. The quantitative estimate of drug-likeness (QED) is 0.735. The first-order chi connectivity index (χ1) is 7.83. The van der Waals surface area contributed by atoms with E-state index in [1.54, 1.807) is 0 Å². The summed E-state index contributed by atoms with van der Waals surface area (Å²) in [5.74, 6) is 1.67. The maximum Gasteiger partial charge on any atom is 0.139 e. The fourth-order valence-electron chi connectivity index (χ4n) is 3.72. The van der Waals surface area contributed by atoms with E-state index in [1.165, 1.54) is 25.7 Å². The summed E-state index contributed by atoms with van der Waals surface area (Å²) in [5, 5.41) is 7.02. The molecule has 90 valence electrons. The number of ketones is 1. The molecule has 3 saturated heterocycles. The Morgan fingerprint density at radius 1 is 1.12 bits per heavy atom. The van der Waals surface area contributed by atoms with Crippen molar-refractivity contribution in [3.8, 4) is 0 Å². The van der Waals surface area contributed by atoms with Crippen molar-refractivity contribution in [3.05, 3.63) is 0 Å². The van der Waals surface area contributed by atoms with Gasteiger partial charge in [-0.25, -0.2) is 0 Å². The minimum absolute atomic E-state index is 0.335. The molecule has 3 heteroatoms. The molecule has 16 heavy (non-hydrogen) atoms. The lowest BCUT2D eigenvalue weighted by Crippen LogP contribution is -2.47. The van der Waals surface area contributed by atoms with Crippen molar-refractivity contribution in [1.82, 2.24) is 10.6 Å². The summed E-state index contributed by atoms with van der Waals surface area (Å²) in [5.41, 5.74) is 0. The molecule has 0 amide bonds. The molecule has 0 aliphatic carbocycles. The monoisotopic (exact) mass is 222 g/mol. The van der Waals surface area contributed by atoms with E-state index in [1.807, 2.05) is 0 Å². The van der Waals surface area contributed by atoms with Crippen LogP contribution < -0.4 is 10.6 Å². The van der Waals surface area contributed by atoms with Gasteiger partial charge in [-0.15, -0.1) is 0 Å². The normalized spacial score (nSPS) is 40.2. The fraction of sp³-hybridized carbons (Fsp3) is 0.923. The molecule has 3 heterocycles. The Kier molecular flexibility index (Phi) is 2.99. The second-order valence-electron chi connectivity index (χ2n) is 5.75. The zero-order valence-corrected chi connectivity index (χ0v) is 9.87. The maximum atomic E-state index is 12.1. The second-order valence-corrected chi connectivity index (χ2v) is 5.75. The van der Waals surface area contributed by atoms with Crippen molar-refractivity contribution >= 4 is 5.78 Å². The first-order valence-electron chi connectivity index (χ1n) is 6.82. The van der Waals surface area contributed by atoms with Gasteiger partial charge in [-0.2, -0.15) is 0 Å². The smallest absolute Gasteiger partial charge is 0.139 e. The van der Waals surface area contributed by atoms with E-state index in [0.29, 0.717) is 23.8 Å². The number of nitrogens with one attached hydrogen (secondary N) is 2. The Morgan fingerprint density at radius 2 is 1.94 bits per heavy atom. The van der Waals surface area contributed by atoms with Crippen LogP contribution in [0.15, 0.2) is 0 Å². The zero-order chi connectivity index (χ0) is 11.0. The fourth-order valence-corrected chi connectivity index (χ4v) is 3.72. The van der Waals surface area contributed by atoms with Gasteiger partial charge < -0.3 is 10.6 Å². The van der Waals surface area contributed by atoms with Gasteiger partial charge in [0, 0.05) is 24.4 Å². The van der Waals surface area contributed by atoms with Gasteiger partial charge in [0.05, 0.1) is 0 Å². The Balaban J connectivity index is 1.62. The van der Waals surface area contributed by atoms with Crippen LogP contribution in [-0.4, -0.2) is 31.0 Å². The summed E-state index contributed by atoms with van der Waals surface area (Å²) in [6.07, 6.45) is 6.92. The molecule has 3 rings (SSSR count). The van der Waals surface area contributed by atoms with Crippen LogP contribution in [0.1, 0.15) is 38.5 Å². The lowest BCUT2D eigenvalue weighted by Gasteiger charge is -2.33. The van der Waals surface area contributed by atoms with E-state index >= 15 is 0 Å². The van der Waals surface area contributed by atoms with Gasteiger partial charge in [-0.1, -0.05) is 0 Å². The summed E-state index contributed by atoms with van der Waals surface area (Å²) in [6, 6.07) is 1.03. The lowest BCUT2D eigenvalue weighted by molar-refractivity contribution is -0.126. The third kappa shape index (κ3) is 2.03. The van der Waals surface area contributed by atoms with Crippen LogP contribution in [-0.2, 0) is 4.79 Å². The molecule has 2 bridgehead atoms.